The standard InChI is InChI=1S/C31H37Cl2N3O5S/c1-6-22(4)34-31(38)29(7-2)35(19-23-10-13-25(41-5)14-11-23)30(37)20-36(24-12-17-27(32)28(33)18-24)42(39,40)26-15-8-21(3)9-16-26/h8-18,22,29H,6-7,19-20H2,1-5H3,(H,34,38)/t22-,29+/m0/s1. The van der Waals surface area contributed by atoms with E-state index < -0.39 is 28.5 Å². The number of aryl methyl sites for hydroxylation is 1. The third-order valence-corrected chi connectivity index (χ3v) is 9.51. The Labute approximate surface area is 258 Å². The molecule has 0 saturated heterocycles. The number of carbonyl (C=O) groups excluding carboxylic acids is 2. The van der Waals surface area contributed by atoms with Gasteiger partial charge in [0.05, 0.1) is 27.7 Å². The van der Waals surface area contributed by atoms with Crippen molar-refractivity contribution in [3.63, 3.8) is 0 Å². The van der Waals surface area contributed by atoms with E-state index in [-0.39, 0.29) is 39.1 Å². The number of carbonyl (C=O) groups is 2. The van der Waals surface area contributed by atoms with E-state index >= 15 is 0 Å². The van der Waals surface area contributed by atoms with Crippen molar-refractivity contribution < 1.29 is 22.7 Å². The molecule has 8 nitrogen and oxygen atoms in total. The van der Waals surface area contributed by atoms with E-state index in [9.17, 15) is 18.0 Å². The highest BCUT2D eigenvalue weighted by molar-refractivity contribution is 7.92. The molecule has 0 spiro atoms. The molecule has 42 heavy (non-hydrogen) atoms. The van der Waals surface area contributed by atoms with Crippen molar-refractivity contribution in [1.82, 2.24) is 10.2 Å². The summed E-state index contributed by atoms with van der Waals surface area (Å²) in [6.45, 7) is 7.02. The Bertz CT molecular complexity index is 1480. The van der Waals surface area contributed by atoms with E-state index in [1.54, 1.807) is 43.5 Å². The second-order valence-electron chi connectivity index (χ2n) is 10.0. The topological polar surface area (TPSA) is 96.0 Å². The van der Waals surface area contributed by atoms with E-state index in [4.69, 9.17) is 27.9 Å². The van der Waals surface area contributed by atoms with Gasteiger partial charge in [0.2, 0.25) is 11.8 Å². The number of nitrogens with one attached hydrogen (secondary N) is 1. The number of hydrogen-bond acceptors (Lipinski definition) is 5. The van der Waals surface area contributed by atoms with Gasteiger partial charge in [-0.2, -0.15) is 0 Å². The molecule has 0 radical (unpaired) electrons. The SMILES string of the molecule is CC[C@H](C(=O)N[C@@H](C)CC)N(Cc1ccc(OC)cc1)C(=O)CN(c1ccc(Cl)c(Cl)c1)S(=O)(=O)c1ccc(C)cc1. The maximum Gasteiger partial charge on any atom is 0.264 e. The molecule has 0 bridgehead atoms. The van der Waals surface area contributed by atoms with E-state index in [0.717, 1.165) is 15.4 Å². The van der Waals surface area contributed by atoms with Gasteiger partial charge < -0.3 is 15.0 Å². The summed E-state index contributed by atoms with van der Waals surface area (Å²) in [5, 5.41) is 3.35. The number of sulfonamides is 1. The number of hydrogen-bond donors (Lipinski definition) is 1. The van der Waals surface area contributed by atoms with Crippen LogP contribution in [0.25, 0.3) is 0 Å². The van der Waals surface area contributed by atoms with Gasteiger partial charge in [-0.1, -0.05) is 66.9 Å². The maximum atomic E-state index is 14.2. The van der Waals surface area contributed by atoms with Gasteiger partial charge in [-0.15, -0.1) is 0 Å². The van der Waals surface area contributed by atoms with Crippen LogP contribution in [0.3, 0.4) is 0 Å². The predicted molar refractivity (Wildman–Crippen MR) is 168 cm³/mol. The molecule has 1 N–H and O–H groups in total. The van der Waals surface area contributed by atoms with Gasteiger partial charge >= 0.3 is 0 Å². The lowest BCUT2D eigenvalue weighted by Crippen LogP contribution is -2.53. The molecule has 0 saturated carbocycles. The molecule has 3 aromatic carbocycles. The number of amides is 2. The van der Waals surface area contributed by atoms with Crippen LogP contribution in [-0.4, -0.2) is 50.9 Å². The summed E-state index contributed by atoms with van der Waals surface area (Å²) in [7, 11) is -2.66. The predicted octanol–water partition coefficient (Wildman–Crippen LogP) is 6.23. The molecule has 226 valence electrons. The number of halogens is 2. The average Bonchev–Trinajstić information content (AvgIpc) is 2.97. The minimum absolute atomic E-state index is 0.00947. The number of rotatable bonds is 13. The molecule has 0 aliphatic rings. The lowest BCUT2D eigenvalue weighted by atomic mass is 10.1. The summed E-state index contributed by atoms with van der Waals surface area (Å²) in [4.78, 5) is 29.0. The quantitative estimate of drug-likeness (QED) is 0.241. The van der Waals surface area contributed by atoms with Crippen molar-refractivity contribution >= 4 is 50.7 Å². The summed E-state index contributed by atoms with van der Waals surface area (Å²) < 4.78 is 34.2. The first-order valence-corrected chi connectivity index (χ1v) is 15.9. The number of nitrogens with zero attached hydrogens (tertiary/aromatic N) is 2. The fraction of sp³-hybridized carbons (Fsp3) is 0.355. The Balaban J connectivity index is 2.08. The van der Waals surface area contributed by atoms with Crippen molar-refractivity contribution in [2.75, 3.05) is 18.0 Å². The van der Waals surface area contributed by atoms with Gasteiger partial charge in [-0.25, -0.2) is 8.42 Å². The zero-order valence-corrected chi connectivity index (χ0v) is 26.8. The second kappa shape index (κ2) is 14.8. The molecule has 0 unspecified atom stereocenters. The zero-order chi connectivity index (χ0) is 31.0. The first-order valence-electron chi connectivity index (χ1n) is 13.7. The van der Waals surface area contributed by atoms with Crippen LogP contribution in [0.15, 0.2) is 71.6 Å². The Morgan fingerprint density at radius 3 is 2.12 bits per heavy atom. The van der Waals surface area contributed by atoms with Crippen LogP contribution in [-0.2, 0) is 26.2 Å². The third-order valence-electron chi connectivity index (χ3n) is 6.98. The Morgan fingerprint density at radius 1 is 0.929 bits per heavy atom. The molecular formula is C31H37Cl2N3O5S. The van der Waals surface area contributed by atoms with Crippen LogP contribution < -0.4 is 14.4 Å². The van der Waals surface area contributed by atoms with Crippen molar-refractivity contribution in [1.29, 1.82) is 0 Å². The van der Waals surface area contributed by atoms with E-state index in [0.29, 0.717) is 18.6 Å². The molecule has 0 fully saturated rings. The van der Waals surface area contributed by atoms with Gasteiger partial charge in [0.25, 0.3) is 10.0 Å². The molecule has 3 aromatic rings. The lowest BCUT2D eigenvalue weighted by molar-refractivity contribution is -0.140. The first-order chi connectivity index (χ1) is 19.9. The van der Waals surface area contributed by atoms with Gasteiger partial charge in [0.1, 0.15) is 18.3 Å². The number of anilines is 1. The Hall–Kier alpha value is -3.27. The minimum atomic E-state index is -4.22. The average molecular weight is 635 g/mol. The summed E-state index contributed by atoms with van der Waals surface area (Å²) in [6.07, 6.45) is 1.04. The van der Waals surface area contributed by atoms with Crippen LogP contribution in [0, 0.1) is 6.92 Å². The van der Waals surface area contributed by atoms with E-state index in [2.05, 4.69) is 5.32 Å². The van der Waals surface area contributed by atoms with Crippen LogP contribution >= 0.6 is 23.2 Å². The van der Waals surface area contributed by atoms with Crippen molar-refractivity contribution in [3.05, 3.63) is 87.9 Å². The molecule has 0 aliphatic carbocycles. The van der Waals surface area contributed by atoms with Crippen LogP contribution in [0.5, 0.6) is 5.75 Å². The van der Waals surface area contributed by atoms with E-state index in [1.807, 2.05) is 27.7 Å². The third kappa shape index (κ3) is 8.18. The molecule has 11 heteroatoms. The highest BCUT2D eigenvalue weighted by atomic mass is 35.5. The molecule has 3 rings (SSSR count). The van der Waals surface area contributed by atoms with Crippen molar-refractivity contribution in [3.8, 4) is 5.75 Å². The van der Waals surface area contributed by atoms with Gasteiger partial charge in [0, 0.05) is 12.6 Å². The molecule has 2 atom stereocenters. The summed E-state index contributed by atoms with van der Waals surface area (Å²) in [5.41, 5.74) is 1.80. The highest BCUT2D eigenvalue weighted by Gasteiger charge is 2.34. The van der Waals surface area contributed by atoms with Crippen molar-refractivity contribution in [2.24, 2.45) is 0 Å². The molecular weight excluding hydrogens is 597 g/mol. The monoisotopic (exact) mass is 633 g/mol. The van der Waals surface area contributed by atoms with Crippen LogP contribution in [0.2, 0.25) is 10.0 Å². The second-order valence-corrected chi connectivity index (χ2v) is 12.7. The fourth-order valence-electron chi connectivity index (χ4n) is 4.29. The molecule has 0 aromatic heterocycles. The minimum Gasteiger partial charge on any atom is -0.497 e. The summed E-state index contributed by atoms with van der Waals surface area (Å²) in [5.74, 6) is -0.219. The maximum absolute atomic E-state index is 14.2. The smallest absolute Gasteiger partial charge is 0.264 e. The fourth-order valence-corrected chi connectivity index (χ4v) is 5.99. The van der Waals surface area contributed by atoms with Crippen LogP contribution in [0.1, 0.15) is 44.7 Å². The van der Waals surface area contributed by atoms with Gasteiger partial charge in [-0.05, 0) is 74.7 Å². The zero-order valence-electron chi connectivity index (χ0n) is 24.4. The number of benzene rings is 3. The number of ether oxygens (including phenoxy) is 1. The normalized spacial score (nSPS) is 12.7. The highest BCUT2D eigenvalue weighted by Crippen LogP contribution is 2.31. The largest absolute Gasteiger partial charge is 0.497 e. The molecule has 2 amide bonds. The lowest BCUT2D eigenvalue weighted by Gasteiger charge is -2.33. The van der Waals surface area contributed by atoms with E-state index in [1.165, 1.54) is 35.2 Å². The summed E-state index contributed by atoms with van der Waals surface area (Å²) >= 11 is 12.4. The van der Waals surface area contributed by atoms with Gasteiger partial charge in [-0.3, -0.25) is 13.9 Å². The van der Waals surface area contributed by atoms with Crippen LogP contribution in [0.4, 0.5) is 5.69 Å². The Kier molecular flexibility index (Phi) is 11.7. The molecule has 0 heterocycles. The number of methoxy groups -OCH3 is 1. The Morgan fingerprint density at radius 2 is 1.57 bits per heavy atom. The first kappa shape index (κ1) is 33.2. The molecule has 0 aliphatic heterocycles. The van der Waals surface area contributed by atoms with Gasteiger partial charge in [0.15, 0.2) is 0 Å². The summed E-state index contributed by atoms with van der Waals surface area (Å²) in [6, 6.07) is 16.9. The van der Waals surface area contributed by atoms with Crippen molar-refractivity contribution in [2.45, 2.75) is 64.1 Å².